The molecule has 1 aliphatic carbocycles. The third-order valence-corrected chi connectivity index (χ3v) is 7.37. The van der Waals surface area contributed by atoms with Crippen LogP contribution in [-0.2, 0) is 5.41 Å². The number of rotatable bonds is 3. The van der Waals surface area contributed by atoms with E-state index in [2.05, 4.69) is 135 Å². The Bertz CT molecular complexity index is 1420. The quantitative estimate of drug-likeness (QED) is 0.269. The lowest BCUT2D eigenvalue weighted by Crippen LogP contribution is -2.29. The topological polar surface area (TPSA) is 0 Å². The second kappa shape index (κ2) is 7.60. The van der Waals surface area contributed by atoms with Gasteiger partial charge in [0.15, 0.2) is 0 Å². The summed E-state index contributed by atoms with van der Waals surface area (Å²) in [6.45, 7) is 4.46. The summed E-state index contributed by atoms with van der Waals surface area (Å²) in [4.78, 5) is 0. The van der Waals surface area contributed by atoms with Gasteiger partial charge in [-0.1, -0.05) is 121 Å². The van der Waals surface area contributed by atoms with E-state index < -0.39 is 0 Å². The maximum absolute atomic E-state index is 2.32. The van der Waals surface area contributed by atoms with E-state index in [0.717, 1.165) is 0 Å². The molecule has 158 valence electrons. The number of hydrogen-bond donors (Lipinski definition) is 0. The van der Waals surface area contributed by atoms with Crippen LogP contribution in [0.15, 0.2) is 121 Å². The third-order valence-electron chi connectivity index (χ3n) is 7.37. The lowest BCUT2D eigenvalue weighted by atomic mass is 9.66. The Labute approximate surface area is 196 Å². The van der Waals surface area contributed by atoms with Crippen molar-refractivity contribution in [1.82, 2.24) is 0 Å². The Hall–Kier alpha value is -3.90. The Morgan fingerprint density at radius 2 is 0.909 bits per heavy atom. The summed E-state index contributed by atoms with van der Waals surface area (Å²) in [6.07, 6.45) is 0. The minimum Gasteiger partial charge on any atom is -0.0622 e. The fraction of sp³-hybridized carbons (Fsp3) is 0.0909. The van der Waals surface area contributed by atoms with Crippen molar-refractivity contribution in [2.24, 2.45) is 0 Å². The summed E-state index contributed by atoms with van der Waals surface area (Å²) < 4.78 is 0. The summed E-state index contributed by atoms with van der Waals surface area (Å²) in [5.41, 5.74) is 12.9. The standard InChI is InChI=1S/C33H26/c1-23-13-11-19-27(24(23)2)29-20-12-21-30-28-18-9-10-22-31(28)33(32(29)30,25-14-5-3-6-15-25)26-16-7-4-8-17-26/h3-22H,1-2H3. The zero-order valence-electron chi connectivity index (χ0n) is 19.0. The van der Waals surface area contributed by atoms with E-state index in [1.165, 1.54) is 55.6 Å². The predicted molar refractivity (Wildman–Crippen MR) is 139 cm³/mol. The van der Waals surface area contributed by atoms with Crippen molar-refractivity contribution in [3.63, 3.8) is 0 Å². The van der Waals surface area contributed by atoms with Gasteiger partial charge in [-0.2, -0.15) is 0 Å². The molecule has 1 aliphatic rings. The fourth-order valence-electron chi connectivity index (χ4n) is 5.77. The number of hydrogen-bond acceptors (Lipinski definition) is 0. The lowest BCUT2D eigenvalue weighted by Gasteiger charge is -2.35. The van der Waals surface area contributed by atoms with Crippen molar-refractivity contribution in [1.29, 1.82) is 0 Å². The highest BCUT2D eigenvalue weighted by Crippen LogP contribution is 2.58. The lowest BCUT2D eigenvalue weighted by molar-refractivity contribution is 0.770. The molecule has 0 atom stereocenters. The molecule has 0 amide bonds. The molecule has 0 unspecified atom stereocenters. The van der Waals surface area contributed by atoms with Crippen LogP contribution in [0, 0.1) is 13.8 Å². The van der Waals surface area contributed by atoms with Gasteiger partial charge in [0.1, 0.15) is 0 Å². The maximum atomic E-state index is 2.32. The largest absolute Gasteiger partial charge is 0.0719 e. The van der Waals surface area contributed by atoms with E-state index >= 15 is 0 Å². The molecular formula is C33H26. The van der Waals surface area contributed by atoms with Gasteiger partial charge in [-0.15, -0.1) is 0 Å². The first-order valence-corrected chi connectivity index (χ1v) is 11.6. The van der Waals surface area contributed by atoms with E-state index in [0.29, 0.717) is 0 Å². The van der Waals surface area contributed by atoms with Crippen LogP contribution in [-0.4, -0.2) is 0 Å². The minimum atomic E-state index is -0.374. The summed E-state index contributed by atoms with van der Waals surface area (Å²) in [6, 6.07) is 44.5. The van der Waals surface area contributed by atoms with Gasteiger partial charge in [0, 0.05) is 0 Å². The van der Waals surface area contributed by atoms with Crippen LogP contribution in [0.3, 0.4) is 0 Å². The Balaban J connectivity index is 1.83. The molecule has 0 spiro atoms. The predicted octanol–water partition coefficient (Wildman–Crippen LogP) is 8.33. The highest BCUT2D eigenvalue weighted by atomic mass is 14.5. The van der Waals surface area contributed by atoms with E-state index in [-0.39, 0.29) is 5.41 Å². The number of fused-ring (bicyclic) bond motifs is 3. The summed E-state index contributed by atoms with van der Waals surface area (Å²) in [5.74, 6) is 0. The molecule has 0 radical (unpaired) electrons. The summed E-state index contributed by atoms with van der Waals surface area (Å²) in [7, 11) is 0. The van der Waals surface area contributed by atoms with Gasteiger partial charge in [0.05, 0.1) is 5.41 Å². The van der Waals surface area contributed by atoms with Crippen LogP contribution in [0.2, 0.25) is 0 Å². The van der Waals surface area contributed by atoms with Crippen LogP contribution in [0.25, 0.3) is 22.3 Å². The average Bonchev–Trinajstić information content (AvgIpc) is 3.18. The monoisotopic (exact) mass is 422 g/mol. The molecule has 0 saturated carbocycles. The second-order valence-corrected chi connectivity index (χ2v) is 9.00. The molecule has 0 N–H and O–H groups in total. The first kappa shape index (κ1) is 19.8. The van der Waals surface area contributed by atoms with Crippen LogP contribution in [0.1, 0.15) is 33.4 Å². The molecule has 33 heavy (non-hydrogen) atoms. The Morgan fingerprint density at radius 1 is 0.424 bits per heavy atom. The first-order chi connectivity index (χ1) is 16.2. The summed E-state index contributed by atoms with van der Waals surface area (Å²) >= 11 is 0. The van der Waals surface area contributed by atoms with Crippen LogP contribution < -0.4 is 0 Å². The average molecular weight is 423 g/mol. The van der Waals surface area contributed by atoms with Crippen molar-refractivity contribution in [3.8, 4) is 22.3 Å². The van der Waals surface area contributed by atoms with Crippen molar-refractivity contribution >= 4 is 0 Å². The Morgan fingerprint density at radius 3 is 1.58 bits per heavy atom. The molecule has 5 aromatic carbocycles. The molecule has 0 aliphatic heterocycles. The van der Waals surface area contributed by atoms with Crippen molar-refractivity contribution in [2.75, 3.05) is 0 Å². The van der Waals surface area contributed by atoms with Gasteiger partial charge < -0.3 is 0 Å². The van der Waals surface area contributed by atoms with Gasteiger partial charge in [-0.25, -0.2) is 0 Å². The number of aryl methyl sites for hydroxylation is 1. The third kappa shape index (κ3) is 2.77. The second-order valence-electron chi connectivity index (χ2n) is 9.00. The smallest absolute Gasteiger partial charge is 0.0622 e. The van der Waals surface area contributed by atoms with Crippen molar-refractivity contribution in [2.45, 2.75) is 19.3 Å². The SMILES string of the molecule is Cc1cccc(-c2cccc3c2C(c2ccccc2)(c2ccccc2)c2ccccc2-3)c1C. The molecule has 6 rings (SSSR count). The molecule has 0 heteroatoms. The zero-order valence-corrected chi connectivity index (χ0v) is 19.0. The highest BCUT2D eigenvalue weighted by Gasteiger charge is 2.47. The molecule has 5 aromatic rings. The van der Waals surface area contributed by atoms with E-state index in [9.17, 15) is 0 Å². The Kier molecular flexibility index (Phi) is 4.55. The molecule has 0 heterocycles. The van der Waals surface area contributed by atoms with E-state index in [1.807, 2.05) is 0 Å². The van der Waals surface area contributed by atoms with Gasteiger partial charge in [-0.05, 0) is 69.5 Å². The van der Waals surface area contributed by atoms with Gasteiger partial charge in [0.25, 0.3) is 0 Å². The zero-order chi connectivity index (χ0) is 22.4. The molecule has 0 nitrogen and oxygen atoms in total. The normalized spacial score (nSPS) is 13.4. The summed E-state index contributed by atoms with van der Waals surface area (Å²) in [5, 5.41) is 0. The van der Waals surface area contributed by atoms with Crippen molar-refractivity contribution < 1.29 is 0 Å². The highest BCUT2D eigenvalue weighted by molar-refractivity contribution is 5.93. The van der Waals surface area contributed by atoms with E-state index in [1.54, 1.807) is 0 Å². The first-order valence-electron chi connectivity index (χ1n) is 11.6. The molecule has 0 aromatic heterocycles. The minimum absolute atomic E-state index is 0.374. The van der Waals surface area contributed by atoms with Gasteiger partial charge in [0.2, 0.25) is 0 Å². The van der Waals surface area contributed by atoms with Gasteiger partial charge in [-0.3, -0.25) is 0 Å². The van der Waals surface area contributed by atoms with E-state index in [4.69, 9.17) is 0 Å². The van der Waals surface area contributed by atoms with Gasteiger partial charge >= 0.3 is 0 Å². The maximum Gasteiger partial charge on any atom is 0.0719 e. The fourth-order valence-corrected chi connectivity index (χ4v) is 5.77. The molecule has 0 fully saturated rings. The number of benzene rings is 5. The van der Waals surface area contributed by atoms with Crippen LogP contribution in [0.4, 0.5) is 0 Å². The molecule has 0 bridgehead atoms. The van der Waals surface area contributed by atoms with Crippen LogP contribution in [0.5, 0.6) is 0 Å². The van der Waals surface area contributed by atoms with Crippen molar-refractivity contribution in [3.05, 3.63) is 155 Å². The molecular weight excluding hydrogens is 396 g/mol. The molecule has 0 saturated heterocycles. The van der Waals surface area contributed by atoms with Crippen LogP contribution >= 0.6 is 0 Å².